The quantitative estimate of drug-likeness (QED) is 0.751. The third-order valence-electron chi connectivity index (χ3n) is 3.60. The molecule has 0 radical (unpaired) electrons. The summed E-state index contributed by atoms with van der Waals surface area (Å²) >= 11 is 0. The lowest BCUT2D eigenvalue weighted by Crippen LogP contribution is -2.14. The predicted octanol–water partition coefficient (Wildman–Crippen LogP) is 4.25. The number of carbonyl (C=O) groups excluding carboxylic acids is 1. The number of hydrogen-bond acceptors (Lipinski definition) is 4. The molecular weight excluding hydrogens is 349 g/mol. The Morgan fingerprint density at radius 1 is 1.19 bits per heavy atom. The minimum absolute atomic E-state index is 0.00303. The summed E-state index contributed by atoms with van der Waals surface area (Å²) in [6, 6.07) is 7.13. The summed E-state index contributed by atoms with van der Waals surface area (Å²) in [6.45, 7) is 3.76. The molecule has 0 aliphatic heterocycles. The maximum absolute atomic E-state index is 12.6. The second kappa shape index (κ2) is 6.66. The summed E-state index contributed by atoms with van der Waals surface area (Å²) < 4.78 is 44.2. The van der Waals surface area contributed by atoms with E-state index in [1.54, 1.807) is 24.3 Å². The van der Waals surface area contributed by atoms with E-state index in [0.29, 0.717) is 17.1 Å². The second-order valence-electron chi connectivity index (χ2n) is 5.86. The Balaban J connectivity index is 1.75. The first-order valence-electron chi connectivity index (χ1n) is 7.73. The summed E-state index contributed by atoms with van der Waals surface area (Å²) in [5.74, 6) is 0.0623. The Labute approximate surface area is 146 Å². The Hall–Kier alpha value is -3.10. The molecule has 6 nitrogen and oxygen atoms in total. The van der Waals surface area contributed by atoms with Gasteiger partial charge in [0.2, 0.25) is 0 Å². The molecule has 0 aliphatic rings. The number of oxazole rings is 1. The third kappa shape index (κ3) is 3.61. The van der Waals surface area contributed by atoms with Crippen molar-refractivity contribution in [3.05, 3.63) is 60.1 Å². The van der Waals surface area contributed by atoms with Gasteiger partial charge in [-0.15, -0.1) is 0 Å². The fraction of sp³-hybridized carbons (Fsp3) is 0.235. The Bertz CT molecular complexity index is 911. The van der Waals surface area contributed by atoms with Crippen molar-refractivity contribution in [2.24, 2.45) is 0 Å². The highest BCUT2D eigenvalue weighted by Gasteiger charge is 2.33. The van der Waals surface area contributed by atoms with Crippen LogP contribution in [0.25, 0.3) is 5.69 Å². The Kier molecular flexibility index (Phi) is 4.54. The van der Waals surface area contributed by atoms with Crippen molar-refractivity contribution in [1.29, 1.82) is 0 Å². The standard InChI is InChI=1S/C17H15F3N4O2/c1-10(2)15-14(21-9-26-15)16(25)22-11-3-5-12(6-4-11)24-8-7-13(23-24)17(18,19)20/h3-10H,1-2H3,(H,22,25). The zero-order valence-corrected chi connectivity index (χ0v) is 13.9. The van der Waals surface area contributed by atoms with Crippen molar-refractivity contribution < 1.29 is 22.4 Å². The van der Waals surface area contributed by atoms with Crippen LogP contribution in [0.1, 0.15) is 41.7 Å². The second-order valence-corrected chi connectivity index (χ2v) is 5.86. The van der Waals surface area contributed by atoms with Crippen LogP contribution in [0.2, 0.25) is 0 Å². The molecule has 2 heterocycles. The molecule has 3 rings (SSSR count). The van der Waals surface area contributed by atoms with Crippen molar-refractivity contribution in [3.63, 3.8) is 0 Å². The van der Waals surface area contributed by atoms with Gasteiger partial charge in [-0.25, -0.2) is 9.67 Å². The number of aromatic nitrogens is 3. The molecule has 0 atom stereocenters. The topological polar surface area (TPSA) is 73.0 Å². The number of hydrogen-bond donors (Lipinski definition) is 1. The number of nitrogens with zero attached hydrogens (tertiary/aromatic N) is 3. The molecule has 0 aliphatic carbocycles. The highest BCUT2D eigenvalue weighted by atomic mass is 19.4. The fourth-order valence-electron chi connectivity index (χ4n) is 2.34. The van der Waals surface area contributed by atoms with Crippen LogP contribution in [-0.4, -0.2) is 20.7 Å². The van der Waals surface area contributed by atoms with E-state index in [4.69, 9.17) is 4.42 Å². The van der Waals surface area contributed by atoms with Gasteiger partial charge in [-0.3, -0.25) is 4.79 Å². The number of anilines is 1. The van der Waals surface area contributed by atoms with E-state index in [2.05, 4.69) is 15.4 Å². The van der Waals surface area contributed by atoms with E-state index in [1.807, 2.05) is 13.8 Å². The number of halogens is 3. The number of rotatable bonds is 4. The first-order chi connectivity index (χ1) is 12.3. The molecule has 0 spiro atoms. The van der Waals surface area contributed by atoms with Crippen molar-refractivity contribution in [2.45, 2.75) is 25.9 Å². The van der Waals surface area contributed by atoms with E-state index in [0.717, 1.165) is 10.7 Å². The van der Waals surface area contributed by atoms with Crippen LogP contribution in [0.5, 0.6) is 0 Å². The highest BCUT2D eigenvalue weighted by Crippen LogP contribution is 2.28. The minimum Gasteiger partial charge on any atom is -0.447 e. The molecule has 0 fully saturated rings. The van der Waals surface area contributed by atoms with E-state index in [1.165, 1.54) is 12.6 Å². The third-order valence-corrected chi connectivity index (χ3v) is 3.60. The molecule has 0 unspecified atom stereocenters. The van der Waals surface area contributed by atoms with Crippen LogP contribution in [-0.2, 0) is 6.18 Å². The SMILES string of the molecule is CC(C)c1ocnc1C(=O)Nc1ccc(-n2ccc(C(F)(F)F)n2)cc1. The van der Waals surface area contributed by atoms with Gasteiger partial charge >= 0.3 is 6.18 Å². The van der Waals surface area contributed by atoms with Gasteiger partial charge < -0.3 is 9.73 Å². The Morgan fingerprint density at radius 2 is 1.88 bits per heavy atom. The molecule has 1 amide bonds. The summed E-state index contributed by atoms with van der Waals surface area (Å²) in [5, 5.41) is 6.17. The first kappa shape index (κ1) is 17.7. The van der Waals surface area contributed by atoms with Crippen LogP contribution in [0.3, 0.4) is 0 Å². The number of benzene rings is 1. The van der Waals surface area contributed by atoms with Crippen LogP contribution < -0.4 is 5.32 Å². The zero-order valence-electron chi connectivity index (χ0n) is 13.9. The van der Waals surface area contributed by atoms with Gasteiger partial charge in [0.1, 0.15) is 5.76 Å². The fourth-order valence-corrected chi connectivity index (χ4v) is 2.34. The molecule has 1 aromatic carbocycles. The smallest absolute Gasteiger partial charge is 0.435 e. The zero-order chi connectivity index (χ0) is 18.9. The normalized spacial score (nSPS) is 11.8. The maximum Gasteiger partial charge on any atom is 0.435 e. The summed E-state index contributed by atoms with van der Waals surface area (Å²) in [7, 11) is 0. The van der Waals surface area contributed by atoms with Crippen molar-refractivity contribution in [1.82, 2.24) is 14.8 Å². The van der Waals surface area contributed by atoms with E-state index in [9.17, 15) is 18.0 Å². The van der Waals surface area contributed by atoms with Crippen molar-refractivity contribution >= 4 is 11.6 Å². The number of nitrogens with one attached hydrogen (secondary N) is 1. The average Bonchev–Trinajstić information content (AvgIpc) is 3.24. The van der Waals surface area contributed by atoms with Gasteiger partial charge in [0.25, 0.3) is 5.91 Å². The number of carbonyl (C=O) groups is 1. The largest absolute Gasteiger partial charge is 0.447 e. The van der Waals surface area contributed by atoms with Gasteiger partial charge in [0.05, 0.1) is 5.69 Å². The predicted molar refractivity (Wildman–Crippen MR) is 87.1 cm³/mol. The molecular formula is C17H15F3N4O2. The lowest BCUT2D eigenvalue weighted by molar-refractivity contribution is -0.141. The van der Waals surface area contributed by atoms with Gasteiger partial charge in [-0.05, 0) is 30.3 Å². The van der Waals surface area contributed by atoms with E-state index >= 15 is 0 Å². The minimum atomic E-state index is -4.50. The molecule has 1 N–H and O–H groups in total. The van der Waals surface area contributed by atoms with E-state index in [-0.39, 0.29) is 11.6 Å². The lowest BCUT2D eigenvalue weighted by Gasteiger charge is -2.07. The lowest BCUT2D eigenvalue weighted by atomic mass is 10.1. The summed E-state index contributed by atoms with van der Waals surface area (Å²) in [6.07, 6.45) is -2.06. The van der Waals surface area contributed by atoms with Gasteiger partial charge in [0.15, 0.2) is 17.8 Å². The highest BCUT2D eigenvalue weighted by molar-refractivity contribution is 6.03. The first-order valence-corrected chi connectivity index (χ1v) is 7.73. The molecule has 0 saturated heterocycles. The van der Waals surface area contributed by atoms with Gasteiger partial charge in [0, 0.05) is 17.8 Å². The molecule has 136 valence electrons. The molecule has 2 aromatic heterocycles. The maximum atomic E-state index is 12.6. The molecule has 0 saturated carbocycles. The van der Waals surface area contributed by atoms with Crippen LogP contribution in [0.4, 0.5) is 18.9 Å². The molecule has 9 heteroatoms. The summed E-state index contributed by atoms with van der Waals surface area (Å²) in [5.41, 5.74) is 0.135. The number of alkyl halides is 3. The van der Waals surface area contributed by atoms with Crippen LogP contribution in [0.15, 0.2) is 47.3 Å². The summed E-state index contributed by atoms with van der Waals surface area (Å²) in [4.78, 5) is 16.2. The van der Waals surface area contributed by atoms with Gasteiger partial charge in [-0.1, -0.05) is 13.8 Å². The average molecular weight is 364 g/mol. The van der Waals surface area contributed by atoms with Crippen LogP contribution >= 0.6 is 0 Å². The van der Waals surface area contributed by atoms with Crippen molar-refractivity contribution in [3.8, 4) is 5.69 Å². The Morgan fingerprint density at radius 3 is 2.46 bits per heavy atom. The monoisotopic (exact) mass is 364 g/mol. The van der Waals surface area contributed by atoms with E-state index < -0.39 is 17.8 Å². The van der Waals surface area contributed by atoms with Gasteiger partial charge in [-0.2, -0.15) is 18.3 Å². The van der Waals surface area contributed by atoms with Crippen molar-refractivity contribution in [2.75, 3.05) is 5.32 Å². The number of amides is 1. The van der Waals surface area contributed by atoms with Crippen LogP contribution in [0, 0.1) is 0 Å². The molecule has 3 aromatic rings. The molecule has 26 heavy (non-hydrogen) atoms. The molecule has 0 bridgehead atoms.